The van der Waals surface area contributed by atoms with Gasteiger partial charge in [0, 0.05) is 30.5 Å². The number of rotatable bonds is 4. The summed E-state index contributed by atoms with van der Waals surface area (Å²) in [5.41, 5.74) is 3.22. The number of aromatic nitrogens is 1. The molecule has 0 spiro atoms. The van der Waals surface area contributed by atoms with Gasteiger partial charge in [-0.3, -0.25) is 4.98 Å². The Morgan fingerprint density at radius 2 is 2.17 bits per heavy atom. The molecule has 3 heteroatoms. The Labute approximate surface area is 108 Å². The monoisotopic (exact) mass is 242 g/mol. The first-order valence-corrected chi connectivity index (χ1v) is 6.08. The van der Waals surface area contributed by atoms with Gasteiger partial charge in [0.2, 0.25) is 0 Å². The number of hydrogen-bond acceptors (Lipinski definition) is 3. The molecule has 1 unspecified atom stereocenters. The zero-order chi connectivity index (χ0) is 13.0. The second-order valence-corrected chi connectivity index (χ2v) is 4.53. The Kier molecular flexibility index (Phi) is 3.95. The highest BCUT2D eigenvalue weighted by Gasteiger charge is 2.09. The highest BCUT2D eigenvalue weighted by atomic mass is 16.3. The van der Waals surface area contributed by atoms with Crippen molar-refractivity contribution in [1.29, 1.82) is 0 Å². The van der Waals surface area contributed by atoms with Gasteiger partial charge in [-0.2, -0.15) is 0 Å². The van der Waals surface area contributed by atoms with Crippen LogP contribution in [0.25, 0.3) is 0 Å². The number of pyridine rings is 1. The van der Waals surface area contributed by atoms with E-state index in [1.54, 1.807) is 12.3 Å². The van der Waals surface area contributed by atoms with Crippen molar-refractivity contribution in [1.82, 2.24) is 10.3 Å². The van der Waals surface area contributed by atoms with Crippen LogP contribution in [0, 0.1) is 6.92 Å². The van der Waals surface area contributed by atoms with Crippen molar-refractivity contribution in [3.63, 3.8) is 0 Å². The summed E-state index contributed by atoms with van der Waals surface area (Å²) in [5.74, 6) is 0.340. The molecule has 1 aromatic carbocycles. The van der Waals surface area contributed by atoms with Crippen LogP contribution in [-0.4, -0.2) is 10.1 Å². The van der Waals surface area contributed by atoms with Gasteiger partial charge in [-0.25, -0.2) is 0 Å². The number of phenolic OH excluding ortho intramolecular Hbond substituents is 1. The summed E-state index contributed by atoms with van der Waals surface area (Å²) in [6.07, 6.45) is 3.61. The minimum absolute atomic E-state index is 0.102. The fourth-order valence-corrected chi connectivity index (χ4v) is 1.90. The van der Waals surface area contributed by atoms with Gasteiger partial charge < -0.3 is 10.4 Å². The summed E-state index contributed by atoms with van der Waals surface area (Å²) in [6, 6.07) is 9.72. The van der Waals surface area contributed by atoms with E-state index in [0.29, 0.717) is 5.75 Å². The minimum Gasteiger partial charge on any atom is -0.508 e. The van der Waals surface area contributed by atoms with Gasteiger partial charge in [0.25, 0.3) is 0 Å². The van der Waals surface area contributed by atoms with Crippen LogP contribution in [0.5, 0.6) is 5.75 Å². The molecule has 0 amide bonds. The molecule has 0 aliphatic carbocycles. The first kappa shape index (κ1) is 12.6. The quantitative estimate of drug-likeness (QED) is 0.866. The summed E-state index contributed by atoms with van der Waals surface area (Å²) < 4.78 is 0. The van der Waals surface area contributed by atoms with Crippen LogP contribution in [0.1, 0.15) is 29.7 Å². The van der Waals surface area contributed by atoms with E-state index >= 15 is 0 Å². The predicted octanol–water partition coefficient (Wildman–Crippen LogP) is 2.95. The summed E-state index contributed by atoms with van der Waals surface area (Å²) in [5, 5.41) is 13.2. The zero-order valence-corrected chi connectivity index (χ0v) is 10.7. The second-order valence-electron chi connectivity index (χ2n) is 4.53. The molecule has 94 valence electrons. The van der Waals surface area contributed by atoms with Crippen molar-refractivity contribution in [3.05, 3.63) is 59.4 Å². The molecule has 2 rings (SSSR count). The second kappa shape index (κ2) is 5.65. The van der Waals surface area contributed by atoms with Crippen LogP contribution in [0.3, 0.4) is 0 Å². The van der Waals surface area contributed by atoms with E-state index in [2.05, 4.69) is 10.3 Å². The van der Waals surface area contributed by atoms with Crippen LogP contribution >= 0.6 is 0 Å². The number of hydrogen-bond donors (Lipinski definition) is 2. The maximum atomic E-state index is 9.85. The van der Waals surface area contributed by atoms with Crippen molar-refractivity contribution in [2.75, 3.05) is 0 Å². The lowest BCUT2D eigenvalue weighted by Crippen LogP contribution is -2.18. The molecule has 0 bridgehead atoms. The number of phenols is 1. The molecular formula is C15H18N2O. The third-order valence-corrected chi connectivity index (χ3v) is 2.98. The van der Waals surface area contributed by atoms with Gasteiger partial charge in [0.15, 0.2) is 0 Å². The van der Waals surface area contributed by atoms with Gasteiger partial charge in [0.1, 0.15) is 5.75 Å². The average Bonchev–Trinajstić information content (AvgIpc) is 2.40. The van der Waals surface area contributed by atoms with E-state index < -0.39 is 0 Å². The van der Waals surface area contributed by atoms with Crippen molar-refractivity contribution >= 4 is 0 Å². The molecule has 0 fully saturated rings. The molecule has 2 N–H and O–H groups in total. The molecular weight excluding hydrogens is 224 g/mol. The van der Waals surface area contributed by atoms with E-state index in [-0.39, 0.29) is 6.04 Å². The number of nitrogens with one attached hydrogen (secondary N) is 1. The van der Waals surface area contributed by atoms with Gasteiger partial charge in [0.05, 0.1) is 0 Å². The van der Waals surface area contributed by atoms with Crippen molar-refractivity contribution in [3.8, 4) is 5.75 Å². The van der Waals surface area contributed by atoms with Crippen LogP contribution in [0.2, 0.25) is 0 Å². The van der Waals surface area contributed by atoms with Crippen molar-refractivity contribution < 1.29 is 5.11 Å². The minimum atomic E-state index is 0.102. The van der Waals surface area contributed by atoms with Gasteiger partial charge in [-0.1, -0.05) is 23.8 Å². The third kappa shape index (κ3) is 3.08. The average molecular weight is 242 g/mol. The zero-order valence-electron chi connectivity index (χ0n) is 10.7. The molecule has 0 saturated carbocycles. The molecule has 1 aromatic heterocycles. The SMILES string of the molecule is Cc1ccc(O)c(C(C)NCc2cccnc2)c1. The molecule has 0 saturated heterocycles. The highest BCUT2D eigenvalue weighted by molar-refractivity contribution is 5.37. The van der Waals surface area contributed by atoms with E-state index in [0.717, 1.165) is 23.2 Å². The molecule has 2 aromatic rings. The topological polar surface area (TPSA) is 45.1 Å². The summed E-state index contributed by atoms with van der Waals surface area (Å²) in [7, 11) is 0. The molecule has 18 heavy (non-hydrogen) atoms. The Morgan fingerprint density at radius 3 is 2.89 bits per heavy atom. The maximum Gasteiger partial charge on any atom is 0.120 e. The number of aryl methyl sites for hydroxylation is 1. The Morgan fingerprint density at radius 1 is 1.33 bits per heavy atom. The summed E-state index contributed by atoms with van der Waals surface area (Å²) in [4.78, 5) is 4.08. The standard InChI is InChI=1S/C15H18N2O/c1-11-5-6-15(18)14(8-11)12(2)17-10-13-4-3-7-16-9-13/h3-9,12,17-18H,10H2,1-2H3. The van der Waals surface area contributed by atoms with Gasteiger partial charge in [-0.05, 0) is 31.5 Å². The van der Waals surface area contributed by atoms with Crippen LogP contribution in [0.15, 0.2) is 42.7 Å². The van der Waals surface area contributed by atoms with E-state index in [4.69, 9.17) is 0 Å². The molecule has 1 heterocycles. The normalized spacial score (nSPS) is 12.3. The largest absolute Gasteiger partial charge is 0.508 e. The van der Waals surface area contributed by atoms with E-state index in [9.17, 15) is 5.11 Å². The molecule has 0 aliphatic rings. The lowest BCUT2D eigenvalue weighted by atomic mass is 10.0. The number of nitrogens with zero attached hydrogens (tertiary/aromatic N) is 1. The van der Waals surface area contributed by atoms with Crippen LogP contribution in [0.4, 0.5) is 0 Å². The summed E-state index contributed by atoms with van der Waals surface area (Å²) >= 11 is 0. The molecule has 0 aliphatic heterocycles. The van der Waals surface area contributed by atoms with Crippen molar-refractivity contribution in [2.24, 2.45) is 0 Å². The lowest BCUT2D eigenvalue weighted by molar-refractivity contribution is 0.452. The van der Waals surface area contributed by atoms with E-state index in [1.807, 2.05) is 44.3 Å². The first-order valence-electron chi connectivity index (χ1n) is 6.08. The highest BCUT2D eigenvalue weighted by Crippen LogP contribution is 2.25. The molecule has 1 atom stereocenters. The third-order valence-electron chi connectivity index (χ3n) is 2.98. The Hall–Kier alpha value is -1.87. The first-order chi connectivity index (χ1) is 8.66. The Balaban J connectivity index is 2.03. The molecule has 0 radical (unpaired) electrons. The van der Waals surface area contributed by atoms with E-state index in [1.165, 1.54) is 0 Å². The van der Waals surface area contributed by atoms with Crippen LogP contribution in [-0.2, 0) is 6.54 Å². The summed E-state index contributed by atoms with van der Waals surface area (Å²) in [6.45, 7) is 4.81. The Bertz CT molecular complexity index is 511. The maximum absolute atomic E-state index is 9.85. The van der Waals surface area contributed by atoms with Crippen LogP contribution < -0.4 is 5.32 Å². The van der Waals surface area contributed by atoms with Crippen molar-refractivity contribution in [2.45, 2.75) is 26.4 Å². The van der Waals surface area contributed by atoms with Gasteiger partial charge in [-0.15, -0.1) is 0 Å². The lowest BCUT2D eigenvalue weighted by Gasteiger charge is -2.16. The fraction of sp³-hybridized carbons (Fsp3) is 0.267. The number of benzene rings is 1. The number of aromatic hydroxyl groups is 1. The van der Waals surface area contributed by atoms with Gasteiger partial charge >= 0.3 is 0 Å². The smallest absolute Gasteiger partial charge is 0.120 e. The predicted molar refractivity (Wildman–Crippen MR) is 72.3 cm³/mol. The molecule has 3 nitrogen and oxygen atoms in total. The fourth-order valence-electron chi connectivity index (χ4n) is 1.90.